The molecule has 1 unspecified atom stereocenters. The van der Waals surface area contributed by atoms with Gasteiger partial charge in [0.05, 0.1) is 5.82 Å². The van der Waals surface area contributed by atoms with Crippen LogP contribution in [0.3, 0.4) is 0 Å². The van der Waals surface area contributed by atoms with Crippen molar-refractivity contribution in [3.8, 4) is 0 Å². The first kappa shape index (κ1) is 10.9. The fourth-order valence-corrected chi connectivity index (χ4v) is 1.80. The predicted octanol–water partition coefficient (Wildman–Crippen LogP) is 1.76. The molecule has 1 atom stereocenters. The highest BCUT2D eigenvalue weighted by Crippen LogP contribution is 2.30. The molecule has 1 aliphatic rings. The molecular weight excluding hydrogens is 217 g/mol. The largest absolute Gasteiger partial charge is 0.386 e. The van der Waals surface area contributed by atoms with Crippen molar-refractivity contribution in [1.29, 1.82) is 0 Å². The zero-order valence-corrected chi connectivity index (χ0v) is 8.65. The van der Waals surface area contributed by atoms with Crippen LogP contribution in [0.2, 0.25) is 0 Å². The van der Waals surface area contributed by atoms with E-state index in [9.17, 15) is 13.2 Å². The molecule has 1 aromatic carbocycles. The third-order valence-corrected chi connectivity index (χ3v) is 2.78. The third kappa shape index (κ3) is 1.62. The third-order valence-electron chi connectivity index (χ3n) is 2.78. The molecule has 0 saturated heterocycles. The van der Waals surface area contributed by atoms with Gasteiger partial charge in [0.2, 0.25) is 0 Å². The van der Waals surface area contributed by atoms with Gasteiger partial charge in [0.15, 0.2) is 17.5 Å². The lowest BCUT2D eigenvalue weighted by Gasteiger charge is -2.21. The summed E-state index contributed by atoms with van der Waals surface area (Å²) >= 11 is 0. The lowest BCUT2D eigenvalue weighted by atomic mass is 9.83. The molecule has 3 N–H and O–H groups in total. The Labute approximate surface area is 90.9 Å². The van der Waals surface area contributed by atoms with E-state index in [0.29, 0.717) is 17.9 Å². The maximum Gasteiger partial charge on any atom is 0.194 e. The Morgan fingerprint density at radius 3 is 2.25 bits per heavy atom. The van der Waals surface area contributed by atoms with Crippen molar-refractivity contribution in [2.24, 2.45) is 5.73 Å². The number of rotatable bonds is 1. The SMILES string of the molecule is CC1(c2cc(F)c(F)c(F)c2)C=C(N)NC1. The Morgan fingerprint density at radius 1 is 1.25 bits per heavy atom. The van der Waals surface area contributed by atoms with Gasteiger partial charge in [0, 0.05) is 12.0 Å². The second-order valence-electron chi connectivity index (χ2n) is 4.12. The number of benzene rings is 1. The lowest BCUT2D eigenvalue weighted by Crippen LogP contribution is -2.27. The van der Waals surface area contributed by atoms with E-state index >= 15 is 0 Å². The average Bonchev–Trinajstić information content (AvgIpc) is 2.56. The monoisotopic (exact) mass is 228 g/mol. The van der Waals surface area contributed by atoms with E-state index in [0.717, 1.165) is 12.1 Å². The van der Waals surface area contributed by atoms with Crippen molar-refractivity contribution in [3.05, 3.63) is 47.0 Å². The Kier molecular flexibility index (Phi) is 2.33. The molecule has 5 heteroatoms. The fourth-order valence-electron chi connectivity index (χ4n) is 1.80. The summed E-state index contributed by atoms with van der Waals surface area (Å²) in [6.45, 7) is 2.20. The molecule has 0 aliphatic carbocycles. The summed E-state index contributed by atoms with van der Waals surface area (Å²) in [5.74, 6) is -3.37. The minimum absolute atomic E-state index is 0.358. The number of halogens is 3. The van der Waals surface area contributed by atoms with E-state index in [4.69, 9.17) is 5.73 Å². The molecule has 0 amide bonds. The molecule has 16 heavy (non-hydrogen) atoms. The summed E-state index contributed by atoms with van der Waals surface area (Å²) in [6, 6.07) is 1.99. The van der Waals surface area contributed by atoms with Crippen molar-refractivity contribution < 1.29 is 13.2 Å². The molecule has 0 radical (unpaired) electrons. The van der Waals surface area contributed by atoms with E-state index in [1.807, 2.05) is 0 Å². The van der Waals surface area contributed by atoms with Gasteiger partial charge in [-0.25, -0.2) is 13.2 Å². The van der Waals surface area contributed by atoms with Crippen LogP contribution in [0.5, 0.6) is 0 Å². The first-order valence-corrected chi connectivity index (χ1v) is 4.79. The van der Waals surface area contributed by atoms with Crippen molar-refractivity contribution in [2.75, 3.05) is 6.54 Å². The first-order chi connectivity index (χ1) is 7.42. The Morgan fingerprint density at radius 2 is 1.81 bits per heavy atom. The van der Waals surface area contributed by atoms with Gasteiger partial charge in [-0.05, 0) is 23.8 Å². The summed E-state index contributed by atoms with van der Waals surface area (Å²) in [5, 5.41) is 2.86. The lowest BCUT2D eigenvalue weighted by molar-refractivity contribution is 0.440. The molecule has 1 aromatic rings. The second-order valence-corrected chi connectivity index (χ2v) is 4.12. The summed E-state index contributed by atoms with van der Waals surface area (Å²) in [7, 11) is 0. The van der Waals surface area contributed by atoms with E-state index in [2.05, 4.69) is 5.32 Å². The minimum atomic E-state index is -1.45. The van der Waals surface area contributed by atoms with Gasteiger partial charge >= 0.3 is 0 Å². The molecule has 86 valence electrons. The van der Waals surface area contributed by atoms with Gasteiger partial charge in [-0.2, -0.15) is 0 Å². The predicted molar refractivity (Wildman–Crippen MR) is 53.9 cm³/mol. The van der Waals surface area contributed by atoms with Crippen molar-refractivity contribution >= 4 is 0 Å². The van der Waals surface area contributed by atoms with E-state index in [1.165, 1.54) is 0 Å². The van der Waals surface area contributed by atoms with Gasteiger partial charge in [0.25, 0.3) is 0 Å². The maximum atomic E-state index is 13.1. The van der Waals surface area contributed by atoms with Gasteiger partial charge in [-0.3, -0.25) is 0 Å². The first-order valence-electron chi connectivity index (χ1n) is 4.79. The van der Waals surface area contributed by atoms with Gasteiger partial charge in [-0.1, -0.05) is 6.92 Å². The second kappa shape index (κ2) is 3.43. The molecule has 2 rings (SSSR count). The Hall–Kier alpha value is -1.65. The van der Waals surface area contributed by atoms with E-state index < -0.39 is 22.9 Å². The smallest absolute Gasteiger partial charge is 0.194 e. The molecule has 0 bridgehead atoms. The number of nitrogens with two attached hydrogens (primary N) is 1. The van der Waals surface area contributed by atoms with Gasteiger partial charge in [0.1, 0.15) is 0 Å². The number of hydrogen-bond donors (Lipinski definition) is 2. The zero-order valence-electron chi connectivity index (χ0n) is 8.65. The van der Waals surface area contributed by atoms with Crippen LogP contribution in [-0.2, 0) is 5.41 Å². The molecular formula is C11H11F3N2. The summed E-state index contributed by atoms with van der Waals surface area (Å²) in [6.07, 6.45) is 1.67. The fraction of sp³-hybridized carbons (Fsp3) is 0.273. The molecule has 1 aliphatic heterocycles. The normalized spacial score (nSPS) is 24.1. The van der Waals surface area contributed by atoms with Crippen LogP contribution >= 0.6 is 0 Å². The van der Waals surface area contributed by atoms with Crippen LogP contribution < -0.4 is 11.1 Å². The summed E-state index contributed by atoms with van der Waals surface area (Å²) in [4.78, 5) is 0. The molecule has 0 fully saturated rings. The minimum Gasteiger partial charge on any atom is -0.386 e. The quantitative estimate of drug-likeness (QED) is 0.719. The van der Waals surface area contributed by atoms with Crippen molar-refractivity contribution in [3.63, 3.8) is 0 Å². The van der Waals surface area contributed by atoms with Gasteiger partial charge in [-0.15, -0.1) is 0 Å². The highest BCUT2D eigenvalue weighted by atomic mass is 19.2. The highest BCUT2D eigenvalue weighted by Gasteiger charge is 2.31. The van der Waals surface area contributed by atoms with Crippen LogP contribution in [0.4, 0.5) is 13.2 Å². The molecule has 0 aromatic heterocycles. The molecule has 0 spiro atoms. The Balaban J connectivity index is 2.50. The Bertz CT molecular complexity index is 447. The van der Waals surface area contributed by atoms with Crippen LogP contribution in [0.15, 0.2) is 24.0 Å². The van der Waals surface area contributed by atoms with E-state index in [-0.39, 0.29) is 0 Å². The van der Waals surface area contributed by atoms with Crippen LogP contribution in [0.25, 0.3) is 0 Å². The number of nitrogens with one attached hydrogen (secondary N) is 1. The summed E-state index contributed by atoms with van der Waals surface area (Å²) in [5.41, 5.74) is 5.29. The molecule has 1 heterocycles. The van der Waals surface area contributed by atoms with Crippen LogP contribution in [-0.4, -0.2) is 6.54 Å². The van der Waals surface area contributed by atoms with Crippen LogP contribution in [0, 0.1) is 17.5 Å². The summed E-state index contributed by atoms with van der Waals surface area (Å²) < 4.78 is 38.9. The van der Waals surface area contributed by atoms with Crippen molar-refractivity contribution in [1.82, 2.24) is 5.32 Å². The average molecular weight is 228 g/mol. The number of hydrogen-bond acceptors (Lipinski definition) is 2. The van der Waals surface area contributed by atoms with Crippen molar-refractivity contribution in [2.45, 2.75) is 12.3 Å². The molecule has 0 saturated carbocycles. The standard InChI is InChI=1S/C11H11F3N2/c1-11(4-9(15)16-5-11)6-2-7(12)10(14)8(13)3-6/h2-4,16H,5,15H2,1H3. The highest BCUT2D eigenvalue weighted by molar-refractivity contribution is 5.36. The zero-order chi connectivity index (χ0) is 11.9. The van der Waals surface area contributed by atoms with E-state index in [1.54, 1.807) is 13.0 Å². The topological polar surface area (TPSA) is 38.0 Å². The molecule has 2 nitrogen and oxygen atoms in total. The maximum absolute atomic E-state index is 13.1. The van der Waals surface area contributed by atoms with Crippen LogP contribution in [0.1, 0.15) is 12.5 Å². The van der Waals surface area contributed by atoms with Gasteiger partial charge < -0.3 is 11.1 Å².